The standard InChI is InChI=1S/C27H32N6OS/c1-20(2)26(34)32-16-14-31(15-17-32)13-12-28-18-22-19-33(30-25(22)21-8-4-3-5-9-21)27-29-23-10-6-7-11-24(23)35-27/h3-11,18,20,30H,12-17,19H2,1-2H3. The third-order valence-electron chi connectivity index (χ3n) is 6.44. The van der Waals surface area contributed by atoms with Gasteiger partial charge in [0.05, 0.1) is 29.0 Å². The van der Waals surface area contributed by atoms with Crippen molar-refractivity contribution in [1.29, 1.82) is 0 Å². The Balaban J connectivity index is 1.23. The summed E-state index contributed by atoms with van der Waals surface area (Å²) in [5.41, 5.74) is 7.97. The predicted octanol–water partition coefficient (Wildman–Crippen LogP) is 3.90. The van der Waals surface area contributed by atoms with Gasteiger partial charge in [-0.1, -0.05) is 67.6 Å². The van der Waals surface area contributed by atoms with Gasteiger partial charge in [0.15, 0.2) is 0 Å². The van der Waals surface area contributed by atoms with E-state index < -0.39 is 0 Å². The number of thiazole rings is 1. The van der Waals surface area contributed by atoms with E-state index in [1.807, 2.05) is 37.1 Å². The number of hydrazine groups is 1. The second-order valence-corrected chi connectivity index (χ2v) is 10.3. The highest BCUT2D eigenvalue weighted by Gasteiger charge is 2.25. The molecule has 3 heterocycles. The molecule has 1 N–H and O–H groups in total. The summed E-state index contributed by atoms with van der Waals surface area (Å²) in [6, 6.07) is 18.6. The summed E-state index contributed by atoms with van der Waals surface area (Å²) in [7, 11) is 0. The van der Waals surface area contributed by atoms with Crippen LogP contribution in [-0.4, -0.2) is 72.7 Å². The number of carbonyl (C=O) groups excluding carboxylic acids is 1. The fourth-order valence-corrected chi connectivity index (χ4v) is 5.40. The van der Waals surface area contributed by atoms with Crippen LogP contribution < -0.4 is 10.4 Å². The summed E-state index contributed by atoms with van der Waals surface area (Å²) in [6.45, 7) is 9.75. The number of anilines is 1. The van der Waals surface area contributed by atoms with Gasteiger partial charge in [0, 0.05) is 50.4 Å². The first-order valence-electron chi connectivity index (χ1n) is 12.3. The van der Waals surface area contributed by atoms with Crippen LogP contribution >= 0.6 is 11.3 Å². The number of carbonyl (C=O) groups is 1. The van der Waals surface area contributed by atoms with Gasteiger partial charge < -0.3 is 4.90 Å². The molecule has 0 spiro atoms. The summed E-state index contributed by atoms with van der Waals surface area (Å²) >= 11 is 1.69. The summed E-state index contributed by atoms with van der Waals surface area (Å²) in [5.74, 6) is 0.329. The number of nitrogens with zero attached hydrogens (tertiary/aromatic N) is 5. The topological polar surface area (TPSA) is 64.1 Å². The minimum Gasteiger partial charge on any atom is -0.340 e. The Morgan fingerprint density at radius 1 is 1.09 bits per heavy atom. The Kier molecular flexibility index (Phi) is 7.11. The summed E-state index contributed by atoms with van der Waals surface area (Å²) in [4.78, 5) is 26.2. The molecule has 182 valence electrons. The van der Waals surface area contributed by atoms with Crippen molar-refractivity contribution in [3.05, 3.63) is 65.7 Å². The van der Waals surface area contributed by atoms with Crippen molar-refractivity contribution in [2.75, 3.05) is 50.8 Å². The highest BCUT2D eigenvalue weighted by Crippen LogP contribution is 2.32. The van der Waals surface area contributed by atoms with E-state index in [9.17, 15) is 4.79 Å². The number of aromatic nitrogens is 1. The second-order valence-electron chi connectivity index (χ2n) is 9.29. The minimum atomic E-state index is 0.0700. The van der Waals surface area contributed by atoms with Crippen molar-refractivity contribution in [2.45, 2.75) is 13.8 Å². The molecule has 0 aliphatic carbocycles. The molecule has 5 rings (SSSR count). The van der Waals surface area contributed by atoms with Crippen molar-refractivity contribution >= 4 is 44.5 Å². The third kappa shape index (κ3) is 5.39. The number of benzene rings is 2. The molecular weight excluding hydrogens is 456 g/mol. The number of nitrogens with one attached hydrogen (secondary N) is 1. The van der Waals surface area contributed by atoms with E-state index in [1.165, 1.54) is 4.70 Å². The van der Waals surface area contributed by atoms with Crippen LogP contribution in [0.5, 0.6) is 0 Å². The number of rotatable bonds is 7. The molecular formula is C27H32N6OS. The third-order valence-corrected chi connectivity index (χ3v) is 7.50. The van der Waals surface area contributed by atoms with Gasteiger partial charge in [0.2, 0.25) is 11.0 Å². The van der Waals surface area contributed by atoms with E-state index in [1.54, 1.807) is 11.3 Å². The van der Waals surface area contributed by atoms with Crippen LogP contribution in [0.1, 0.15) is 19.4 Å². The molecule has 2 aromatic carbocycles. The molecule has 1 aromatic heterocycles. The zero-order chi connectivity index (χ0) is 24.2. The van der Waals surface area contributed by atoms with E-state index in [0.717, 1.165) is 66.8 Å². The number of hydrogen-bond acceptors (Lipinski definition) is 7. The molecule has 0 radical (unpaired) electrons. The summed E-state index contributed by atoms with van der Waals surface area (Å²) < 4.78 is 1.18. The minimum absolute atomic E-state index is 0.0700. The van der Waals surface area contributed by atoms with Gasteiger partial charge in [-0.25, -0.2) is 4.98 Å². The zero-order valence-corrected chi connectivity index (χ0v) is 21.2. The molecule has 2 aliphatic rings. The van der Waals surface area contributed by atoms with Crippen LogP contribution in [0.4, 0.5) is 5.13 Å². The number of piperazine rings is 1. The van der Waals surface area contributed by atoms with Crippen molar-refractivity contribution in [1.82, 2.24) is 20.2 Å². The largest absolute Gasteiger partial charge is 0.340 e. The first-order valence-corrected chi connectivity index (χ1v) is 13.1. The molecule has 0 bridgehead atoms. The van der Waals surface area contributed by atoms with Gasteiger partial charge >= 0.3 is 0 Å². The maximum atomic E-state index is 12.2. The SMILES string of the molecule is CC(C)C(=O)N1CCN(CCN=CC2=C(c3ccccc3)NN(c3nc4ccccc4s3)C2)CC1. The molecule has 0 unspecified atom stereocenters. The van der Waals surface area contributed by atoms with Crippen molar-refractivity contribution in [3.63, 3.8) is 0 Å². The molecule has 1 saturated heterocycles. The van der Waals surface area contributed by atoms with Gasteiger partial charge in [-0.3, -0.25) is 25.1 Å². The maximum Gasteiger partial charge on any atom is 0.225 e. The molecule has 1 fully saturated rings. The Morgan fingerprint density at radius 2 is 1.83 bits per heavy atom. The zero-order valence-electron chi connectivity index (χ0n) is 20.4. The summed E-state index contributed by atoms with van der Waals surface area (Å²) in [5, 5.41) is 3.07. The van der Waals surface area contributed by atoms with Crippen LogP contribution in [0.2, 0.25) is 0 Å². The molecule has 7 nitrogen and oxygen atoms in total. The fraction of sp³-hybridized carbons (Fsp3) is 0.370. The van der Waals surface area contributed by atoms with Gasteiger partial charge in [-0.2, -0.15) is 0 Å². The lowest BCUT2D eigenvalue weighted by molar-refractivity contribution is -0.136. The highest BCUT2D eigenvalue weighted by molar-refractivity contribution is 7.22. The van der Waals surface area contributed by atoms with E-state index in [4.69, 9.17) is 9.98 Å². The fourth-order valence-electron chi connectivity index (χ4n) is 4.48. The quantitative estimate of drug-likeness (QED) is 0.511. The lowest BCUT2D eigenvalue weighted by Crippen LogP contribution is -2.50. The Hall–Kier alpha value is -3.23. The number of para-hydroxylation sites is 1. The van der Waals surface area contributed by atoms with E-state index in [-0.39, 0.29) is 11.8 Å². The molecule has 35 heavy (non-hydrogen) atoms. The van der Waals surface area contributed by atoms with Gasteiger partial charge in [0.25, 0.3) is 0 Å². The Labute approximate surface area is 210 Å². The lowest BCUT2D eigenvalue weighted by Gasteiger charge is -2.35. The molecule has 0 atom stereocenters. The van der Waals surface area contributed by atoms with E-state index >= 15 is 0 Å². The molecule has 0 saturated carbocycles. The highest BCUT2D eigenvalue weighted by atomic mass is 32.1. The Morgan fingerprint density at radius 3 is 2.57 bits per heavy atom. The maximum absolute atomic E-state index is 12.2. The van der Waals surface area contributed by atoms with Crippen LogP contribution in [0.25, 0.3) is 15.9 Å². The Bertz CT molecular complexity index is 1190. The van der Waals surface area contributed by atoms with Gasteiger partial charge in [-0.15, -0.1) is 0 Å². The average Bonchev–Trinajstić information content (AvgIpc) is 3.51. The second kappa shape index (κ2) is 10.6. The van der Waals surface area contributed by atoms with Crippen molar-refractivity contribution < 1.29 is 4.79 Å². The molecule has 3 aromatic rings. The smallest absolute Gasteiger partial charge is 0.225 e. The molecule has 2 aliphatic heterocycles. The monoisotopic (exact) mass is 488 g/mol. The summed E-state index contributed by atoms with van der Waals surface area (Å²) in [6.07, 6.45) is 2.02. The first-order chi connectivity index (χ1) is 17.1. The number of fused-ring (bicyclic) bond motifs is 1. The molecule has 1 amide bonds. The first kappa shape index (κ1) is 23.5. The van der Waals surface area contributed by atoms with Gasteiger partial charge in [-0.05, 0) is 17.7 Å². The predicted molar refractivity (Wildman–Crippen MR) is 145 cm³/mol. The van der Waals surface area contributed by atoms with E-state index in [2.05, 4.69) is 57.8 Å². The lowest BCUT2D eigenvalue weighted by atomic mass is 10.1. The normalized spacial score (nSPS) is 17.2. The van der Waals surface area contributed by atoms with E-state index in [0.29, 0.717) is 6.54 Å². The van der Waals surface area contributed by atoms with Crippen LogP contribution in [0.15, 0.2) is 65.2 Å². The number of hydrogen-bond donors (Lipinski definition) is 1. The number of amides is 1. The number of aliphatic imine (C=N–C) groups is 1. The van der Waals surface area contributed by atoms with Crippen molar-refractivity contribution in [2.24, 2.45) is 10.9 Å². The van der Waals surface area contributed by atoms with Crippen LogP contribution in [0, 0.1) is 5.92 Å². The van der Waals surface area contributed by atoms with Gasteiger partial charge in [0.1, 0.15) is 0 Å². The van der Waals surface area contributed by atoms with Crippen LogP contribution in [-0.2, 0) is 4.79 Å². The van der Waals surface area contributed by atoms with Crippen molar-refractivity contribution in [3.8, 4) is 0 Å². The van der Waals surface area contributed by atoms with Crippen LogP contribution in [0.3, 0.4) is 0 Å². The molecule has 8 heteroatoms. The average molecular weight is 489 g/mol.